The number of hydrogen-bond acceptors (Lipinski definition) is 6. The average molecular weight is 693 g/mol. The summed E-state index contributed by atoms with van der Waals surface area (Å²) in [5.74, 6) is 2.37. The Morgan fingerprint density at radius 1 is 0.259 bits per heavy atom. The lowest BCUT2D eigenvalue weighted by Gasteiger charge is -2.12. The maximum absolute atomic E-state index is 5.06. The van der Waals surface area contributed by atoms with Gasteiger partial charge >= 0.3 is 0 Å². The van der Waals surface area contributed by atoms with Crippen LogP contribution in [-0.2, 0) is 0 Å². The zero-order valence-electron chi connectivity index (χ0n) is 29.2. The van der Waals surface area contributed by atoms with Gasteiger partial charge < -0.3 is 0 Å². The lowest BCUT2D eigenvalue weighted by Crippen LogP contribution is -2.02. The van der Waals surface area contributed by atoms with E-state index < -0.39 is 0 Å². The molecule has 6 aromatic carbocycles. The molecule has 0 aliphatic carbocycles. The monoisotopic (exact) mass is 692 g/mol. The van der Waals surface area contributed by atoms with Crippen LogP contribution in [0.5, 0.6) is 0 Å². The van der Waals surface area contributed by atoms with Crippen LogP contribution in [-0.4, -0.2) is 29.9 Å². The Labute approximate surface area is 313 Å². The van der Waals surface area contributed by atoms with E-state index in [-0.39, 0.29) is 0 Å². The van der Waals surface area contributed by atoms with E-state index in [9.17, 15) is 0 Å². The van der Waals surface area contributed by atoms with E-state index in [1.165, 1.54) is 5.56 Å². The number of hydrogen-bond donors (Lipinski definition) is 0. The molecule has 54 heavy (non-hydrogen) atoms. The van der Waals surface area contributed by atoms with Gasteiger partial charge in [-0.15, -0.1) is 0 Å². The number of rotatable bonds is 8. The summed E-state index contributed by atoms with van der Waals surface area (Å²) in [5, 5.41) is 0. The lowest BCUT2D eigenvalue weighted by atomic mass is 9.99. The van der Waals surface area contributed by atoms with Gasteiger partial charge in [-0.05, 0) is 28.8 Å². The SMILES string of the molecule is c1ccc(-c2ccc(-c3cc(-c4ccc(-c5cccnc5-c5nc(-c6ccccc6)nc(-c6ccccc6)n5)cc4)nc(-c4ccccc4)n3)cc2)cc1. The van der Waals surface area contributed by atoms with Crippen molar-refractivity contribution < 1.29 is 0 Å². The van der Waals surface area contributed by atoms with E-state index in [0.29, 0.717) is 29.0 Å². The number of aromatic nitrogens is 6. The van der Waals surface area contributed by atoms with Crippen molar-refractivity contribution in [3.63, 3.8) is 0 Å². The highest BCUT2D eigenvalue weighted by Gasteiger charge is 2.17. The van der Waals surface area contributed by atoms with Crippen molar-refractivity contribution in [2.45, 2.75) is 0 Å². The highest BCUT2D eigenvalue weighted by molar-refractivity contribution is 5.81. The van der Waals surface area contributed by atoms with Gasteiger partial charge in [-0.2, -0.15) is 0 Å². The molecule has 0 aliphatic rings. The van der Waals surface area contributed by atoms with Crippen molar-refractivity contribution in [3.05, 3.63) is 194 Å². The predicted octanol–water partition coefficient (Wildman–Crippen LogP) is 11.4. The summed E-state index contributed by atoms with van der Waals surface area (Å²) in [7, 11) is 0. The molecule has 0 radical (unpaired) electrons. The summed E-state index contributed by atoms with van der Waals surface area (Å²) in [4.78, 5) is 29.7. The molecular formula is C48H32N6. The van der Waals surface area contributed by atoms with Crippen molar-refractivity contribution in [1.29, 1.82) is 0 Å². The molecule has 0 aliphatic heterocycles. The first-order chi connectivity index (χ1) is 26.7. The quantitative estimate of drug-likeness (QED) is 0.158. The molecule has 0 fully saturated rings. The summed E-state index contributed by atoms with van der Waals surface area (Å²) >= 11 is 0. The summed E-state index contributed by atoms with van der Waals surface area (Å²) < 4.78 is 0. The minimum atomic E-state index is 0.508. The number of nitrogens with zero attached hydrogens (tertiary/aromatic N) is 6. The van der Waals surface area contributed by atoms with Crippen molar-refractivity contribution >= 4 is 0 Å². The van der Waals surface area contributed by atoms with Crippen LogP contribution in [0, 0.1) is 0 Å². The van der Waals surface area contributed by atoms with Gasteiger partial charge in [-0.3, -0.25) is 4.98 Å². The van der Waals surface area contributed by atoms with Crippen molar-refractivity contribution in [3.8, 4) is 90.5 Å². The summed E-state index contributed by atoms with van der Waals surface area (Å²) in [6.07, 6.45) is 1.78. The minimum absolute atomic E-state index is 0.508. The molecule has 0 amide bonds. The first-order valence-electron chi connectivity index (χ1n) is 17.8. The fourth-order valence-corrected chi connectivity index (χ4v) is 6.47. The Morgan fingerprint density at radius 2 is 0.630 bits per heavy atom. The zero-order valence-corrected chi connectivity index (χ0v) is 29.2. The Balaban J connectivity index is 1.10. The Morgan fingerprint density at radius 3 is 1.11 bits per heavy atom. The first-order valence-corrected chi connectivity index (χ1v) is 17.8. The lowest BCUT2D eigenvalue weighted by molar-refractivity contribution is 1.06. The molecule has 6 nitrogen and oxygen atoms in total. The molecule has 3 aromatic heterocycles. The van der Waals surface area contributed by atoms with Gasteiger partial charge in [0.2, 0.25) is 0 Å². The van der Waals surface area contributed by atoms with E-state index in [1.807, 2.05) is 103 Å². The maximum atomic E-state index is 5.06. The fraction of sp³-hybridized carbons (Fsp3) is 0. The van der Waals surface area contributed by atoms with Gasteiger partial charge in [-0.25, -0.2) is 24.9 Å². The molecule has 0 unspecified atom stereocenters. The van der Waals surface area contributed by atoms with Crippen LogP contribution in [0.25, 0.3) is 90.5 Å². The third-order valence-electron chi connectivity index (χ3n) is 9.26. The zero-order chi connectivity index (χ0) is 36.1. The second kappa shape index (κ2) is 14.7. The van der Waals surface area contributed by atoms with Crippen LogP contribution in [0.15, 0.2) is 194 Å². The fourth-order valence-electron chi connectivity index (χ4n) is 6.47. The summed E-state index contributed by atoms with van der Waals surface area (Å²) in [5.41, 5.74) is 11.4. The van der Waals surface area contributed by atoms with E-state index in [2.05, 4.69) is 84.9 Å². The molecular weight excluding hydrogens is 661 g/mol. The van der Waals surface area contributed by atoms with Crippen molar-refractivity contribution in [1.82, 2.24) is 29.9 Å². The van der Waals surface area contributed by atoms with E-state index in [0.717, 1.165) is 55.9 Å². The third-order valence-corrected chi connectivity index (χ3v) is 9.26. The minimum Gasteiger partial charge on any atom is -0.252 e. The van der Waals surface area contributed by atoms with Crippen LogP contribution in [0.3, 0.4) is 0 Å². The topological polar surface area (TPSA) is 77.3 Å². The third kappa shape index (κ3) is 6.79. The van der Waals surface area contributed by atoms with Gasteiger partial charge in [0.05, 0.1) is 11.4 Å². The van der Waals surface area contributed by atoms with Crippen LogP contribution < -0.4 is 0 Å². The molecule has 0 N–H and O–H groups in total. The Bertz CT molecular complexity index is 2610. The Hall–Kier alpha value is -7.44. The highest BCUT2D eigenvalue weighted by Crippen LogP contribution is 2.34. The normalized spacial score (nSPS) is 11.0. The smallest absolute Gasteiger partial charge is 0.183 e. The second-order valence-electron chi connectivity index (χ2n) is 12.8. The average Bonchev–Trinajstić information content (AvgIpc) is 3.27. The molecule has 0 bridgehead atoms. The molecule has 9 rings (SSSR count). The van der Waals surface area contributed by atoms with Gasteiger partial charge in [0.1, 0.15) is 5.69 Å². The van der Waals surface area contributed by atoms with Gasteiger partial charge in [0.15, 0.2) is 23.3 Å². The summed E-state index contributed by atoms with van der Waals surface area (Å²) in [6, 6.07) is 63.5. The second-order valence-corrected chi connectivity index (χ2v) is 12.8. The molecule has 0 saturated heterocycles. The van der Waals surface area contributed by atoms with Crippen LogP contribution in [0.1, 0.15) is 0 Å². The van der Waals surface area contributed by atoms with Gasteiger partial charge in [-0.1, -0.05) is 176 Å². The van der Waals surface area contributed by atoms with E-state index in [1.54, 1.807) is 6.20 Å². The largest absolute Gasteiger partial charge is 0.252 e. The van der Waals surface area contributed by atoms with Gasteiger partial charge in [0.25, 0.3) is 0 Å². The molecule has 9 aromatic rings. The van der Waals surface area contributed by atoms with Crippen molar-refractivity contribution in [2.24, 2.45) is 0 Å². The van der Waals surface area contributed by atoms with E-state index >= 15 is 0 Å². The van der Waals surface area contributed by atoms with Crippen LogP contribution >= 0.6 is 0 Å². The predicted molar refractivity (Wildman–Crippen MR) is 217 cm³/mol. The Kier molecular flexibility index (Phi) is 8.81. The van der Waals surface area contributed by atoms with Gasteiger partial charge in [0, 0.05) is 39.6 Å². The summed E-state index contributed by atoms with van der Waals surface area (Å²) in [6.45, 7) is 0. The van der Waals surface area contributed by atoms with Crippen molar-refractivity contribution in [2.75, 3.05) is 0 Å². The molecule has 0 saturated carbocycles. The maximum Gasteiger partial charge on any atom is 0.183 e. The van der Waals surface area contributed by atoms with Crippen LogP contribution in [0.2, 0.25) is 0 Å². The molecule has 0 spiro atoms. The molecule has 254 valence electrons. The van der Waals surface area contributed by atoms with Crippen LogP contribution in [0.4, 0.5) is 0 Å². The molecule has 0 atom stereocenters. The number of pyridine rings is 1. The molecule has 3 heterocycles. The first kappa shape index (κ1) is 32.5. The number of benzene rings is 6. The van der Waals surface area contributed by atoms with E-state index in [4.69, 9.17) is 29.9 Å². The highest BCUT2D eigenvalue weighted by atomic mass is 15.0. The molecule has 6 heteroatoms. The standard InChI is InChI=1S/C48H32N6/c1-5-14-33(15-6-1)34-23-27-36(28-24-34)42-32-43(51-45(50-42)38-16-7-2-8-17-38)37-29-25-35(26-30-37)41-22-13-31-49-44(41)48-53-46(39-18-9-3-10-19-39)52-47(54-48)40-20-11-4-12-21-40/h1-32H.